The molecule has 2 aromatic rings. The molecular formula is C14H9BrClF3. The normalized spacial score (nSPS) is 12.5. The fourth-order valence-electron chi connectivity index (χ4n) is 1.78. The molecule has 2 rings (SSSR count). The second-order valence-corrected chi connectivity index (χ2v) is 5.41. The van der Waals surface area contributed by atoms with E-state index in [2.05, 4.69) is 15.9 Å². The summed E-state index contributed by atoms with van der Waals surface area (Å²) in [5.74, 6) is -1.99. The minimum Gasteiger partial charge on any atom is -0.207 e. The van der Waals surface area contributed by atoms with Gasteiger partial charge in [-0.3, -0.25) is 0 Å². The largest absolute Gasteiger partial charge is 0.207 e. The Hall–Kier alpha value is -1.00. The molecule has 0 fully saturated rings. The Kier molecular flexibility index (Phi) is 4.21. The van der Waals surface area contributed by atoms with Gasteiger partial charge in [-0.15, -0.1) is 11.6 Å². The van der Waals surface area contributed by atoms with Crippen LogP contribution >= 0.6 is 27.5 Å². The molecule has 1 atom stereocenters. The van der Waals surface area contributed by atoms with Crippen LogP contribution in [0.4, 0.5) is 13.2 Å². The van der Waals surface area contributed by atoms with E-state index in [0.717, 1.165) is 6.07 Å². The summed E-state index contributed by atoms with van der Waals surface area (Å²) in [7, 11) is 0. The first-order chi connectivity index (χ1) is 8.91. The summed E-state index contributed by atoms with van der Waals surface area (Å²) >= 11 is 9.32. The molecule has 0 saturated heterocycles. The van der Waals surface area contributed by atoms with Gasteiger partial charge in [0.2, 0.25) is 0 Å². The fraction of sp³-hybridized carbons (Fsp3) is 0.143. The van der Waals surface area contributed by atoms with Crippen LogP contribution in [-0.2, 0) is 0 Å². The lowest BCUT2D eigenvalue weighted by Crippen LogP contribution is -2.03. The lowest BCUT2D eigenvalue weighted by molar-refractivity contribution is 0.564. The lowest BCUT2D eigenvalue weighted by Gasteiger charge is -2.15. The standard InChI is InChI=1S/C14H9BrClF3/c1-7-5-8(12(19)6-11(7)18)14(16)13-9(15)3-2-4-10(13)17/h2-6,14H,1H3. The van der Waals surface area contributed by atoms with Crippen LogP contribution in [0.1, 0.15) is 22.1 Å². The molecule has 0 spiro atoms. The van der Waals surface area contributed by atoms with E-state index >= 15 is 0 Å². The summed E-state index contributed by atoms with van der Waals surface area (Å²) in [4.78, 5) is 0. The van der Waals surface area contributed by atoms with Crippen molar-refractivity contribution in [1.29, 1.82) is 0 Å². The van der Waals surface area contributed by atoms with Crippen LogP contribution in [-0.4, -0.2) is 0 Å². The highest BCUT2D eigenvalue weighted by Gasteiger charge is 2.22. The molecule has 0 N–H and O–H groups in total. The zero-order valence-corrected chi connectivity index (χ0v) is 12.2. The summed E-state index contributed by atoms with van der Waals surface area (Å²) in [6.45, 7) is 1.50. The number of halogens is 5. The zero-order valence-electron chi connectivity index (χ0n) is 9.85. The van der Waals surface area contributed by atoms with E-state index in [1.54, 1.807) is 6.07 Å². The van der Waals surface area contributed by atoms with Crippen LogP contribution < -0.4 is 0 Å². The van der Waals surface area contributed by atoms with Crippen molar-refractivity contribution in [3.05, 3.63) is 68.9 Å². The number of hydrogen-bond donors (Lipinski definition) is 0. The maximum atomic E-state index is 13.8. The van der Waals surface area contributed by atoms with Crippen molar-refractivity contribution in [3.63, 3.8) is 0 Å². The molecule has 0 amide bonds. The average molecular weight is 350 g/mol. The monoisotopic (exact) mass is 348 g/mol. The van der Waals surface area contributed by atoms with Crippen LogP contribution in [0.2, 0.25) is 0 Å². The fourth-order valence-corrected chi connectivity index (χ4v) is 2.87. The third-order valence-electron chi connectivity index (χ3n) is 2.80. The van der Waals surface area contributed by atoms with Crippen LogP contribution in [0.15, 0.2) is 34.8 Å². The third-order valence-corrected chi connectivity index (χ3v) is 3.95. The van der Waals surface area contributed by atoms with E-state index in [1.165, 1.54) is 25.1 Å². The van der Waals surface area contributed by atoms with E-state index in [-0.39, 0.29) is 16.7 Å². The molecule has 0 heterocycles. The topological polar surface area (TPSA) is 0 Å². The van der Waals surface area contributed by atoms with Crippen molar-refractivity contribution >= 4 is 27.5 Å². The van der Waals surface area contributed by atoms with Gasteiger partial charge >= 0.3 is 0 Å². The van der Waals surface area contributed by atoms with Gasteiger partial charge in [0.1, 0.15) is 17.5 Å². The summed E-state index contributed by atoms with van der Waals surface area (Å²) in [6.07, 6.45) is 0. The molecule has 0 aliphatic carbocycles. The number of benzene rings is 2. The van der Waals surface area contributed by atoms with Crippen molar-refractivity contribution in [3.8, 4) is 0 Å². The first-order valence-electron chi connectivity index (χ1n) is 5.45. The minimum atomic E-state index is -1.03. The predicted octanol–water partition coefficient (Wildman–Crippen LogP) is 5.50. The quantitative estimate of drug-likeness (QED) is 0.628. The second-order valence-electron chi connectivity index (χ2n) is 4.12. The number of alkyl halides is 1. The second kappa shape index (κ2) is 5.55. The van der Waals surface area contributed by atoms with Crippen LogP contribution in [0.5, 0.6) is 0 Å². The third kappa shape index (κ3) is 2.79. The molecule has 2 aromatic carbocycles. The van der Waals surface area contributed by atoms with Crippen molar-refractivity contribution in [2.24, 2.45) is 0 Å². The molecule has 0 radical (unpaired) electrons. The van der Waals surface area contributed by atoms with Gasteiger partial charge in [-0.05, 0) is 30.7 Å². The van der Waals surface area contributed by atoms with Gasteiger partial charge in [0.05, 0.1) is 5.38 Å². The zero-order chi connectivity index (χ0) is 14.2. The Morgan fingerprint density at radius 1 is 1.05 bits per heavy atom. The van der Waals surface area contributed by atoms with Gasteiger partial charge in [-0.2, -0.15) is 0 Å². The number of aryl methyl sites for hydroxylation is 1. The van der Waals surface area contributed by atoms with Gasteiger partial charge in [-0.25, -0.2) is 13.2 Å². The maximum absolute atomic E-state index is 13.8. The molecule has 0 bridgehead atoms. The van der Waals surface area contributed by atoms with Gasteiger partial charge in [0, 0.05) is 21.7 Å². The molecule has 1 unspecified atom stereocenters. The van der Waals surface area contributed by atoms with Gasteiger partial charge < -0.3 is 0 Å². The van der Waals surface area contributed by atoms with Crippen molar-refractivity contribution in [1.82, 2.24) is 0 Å². The number of rotatable bonds is 2. The molecule has 0 saturated carbocycles. The Bertz CT molecular complexity index is 608. The SMILES string of the molecule is Cc1cc(C(Cl)c2c(F)cccc2Br)c(F)cc1F. The Labute approximate surface area is 122 Å². The van der Waals surface area contributed by atoms with E-state index in [0.29, 0.717) is 4.47 Å². The Balaban J connectivity index is 2.56. The maximum Gasteiger partial charge on any atom is 0.131 e. The van der Waals surface area contributed by atoms with Gasteiger partial charge in [0.15, 0.2) is 0 Å². The molecule has 100 valence electrons. The first kappa shape index (κ1) is 14.4. The van der Waals surface area contributed by atoms with Crippen LogP contribution in [0.25, 0.3) is 0 Å². The molecule has 0 aromatic heterocycles. The van der Waals surface area contributed by atoms with Crippen LogP contribution in [0, 0.1) is 24.4 Å². The molecule has 0 aliphatic heterocycles. The van der Waals surface area contributed by atoms with E-state index in [9.17, 15) is 13.2 Å². The molecule has 0 nitrogen and oxygen atoms in total. The highest BCUT2D eigenvalue weighted by molar-refractivity contribution is 9.10. The molecule has 5 heteroatoms. The van der Waals surface area contributed by atoms with Gasteiger partial charge in [-0.1, -0.05) is 22.0 Å². The first-order valence-corrected chi connectivity index (χ1v) is 6.68. The summed E-state index contributed by atoms with van der Waals surface area (Å²) in [5.41, 5.74) is 0.440. The molecular weight excluding hydrogens is 341 g/mol. The van der Waals surface area contributed by atoms with E-state index in [1.807, 2.05) is 0 Å². The predicted molar refractivity (Wildman–Crippen MR) is 72.9 cm³/mol. The smallest absolute Gasteiger partial charge is 0.131 e. The summed E-state index contributed by atoms with van der Waals surface area (Å²) in [6, 6.07) is 6.42. The number of hydrogen-bond acceptors (Lipinski definition) is 0. The minimum absolute atomic E-state index is 0.0476. The summed E-state index contributed by atoms with van der Waals surface area (Å²) < 4.78 is 41.2. The van der Waals surface area contributed by atoms with Crippen LogP contribution in [0.3, 0.4) is 0 Å². The van der Waals surface area contributed by atoms with Gasteiger partial charge in [0.25, 0.3) is 0 Å². The Morgan fingerprint density at radius 3 is 2.37 bits per heavy atom. The highest BCUT2D eigenvalue weighted by Crippen LogP contribution is 2.37. The van der Waals surface area contributed by atoms with E-state index < -0.39 is 22.8 Å². The highest BCUT2D eigenvalue weighted by atomic mass is 79.9. The van der Waals surface area contributed by atoms with Crippen molar-refractivity contribution in [2.75, 3.05) is 0 Å². The summed E-state index contributed by atoms with van der Waals surface area (Å²) in [5, 5.41) is -1.03. The molecule has 0 aliphatic rings. The van der Waals surface area contributed by atoms with Crippen molar-refractivity contribution in [2.45, 2.75) is 12.3 Å². The van der Waals surface area contributed by atoms with E-state index in [4.69, 9.17) is 11.6 Å². The Morgan fingerprint density at radius 2 is 1.74 bits per heavy atom. The molecule has 19 heavy (non-hydrogen) atoms. The average Bonchev–Trinajstić information content (AvgIpc) is 2.33. The lowest BCUT2D eigenvalue weighted by atomic mass is 10.0. The van der Waals surface area contributed by atoms with Crippen molar-refractivity contribution < 1.29 is 13.2 Å².